The van der Waals surface area contributed by atoms with Crippen LogP contribution in [-0.2, 0) is 16.8 Å². The van der Waals surface area contributed by atoms with Crippen LogP contribution >= 0.6 is 0 Å². The number of aryl methyl sites for hydroxylation is 2. The Balaban J connectivity index is 1.61. The summed E-state index contributed by atoms with van der Waals surface area (Å²) in [6.45, 7) is 10.8. The minimum atomic E-state index is -0.132. The van der Waals surface area contributed by atoms with Crippen LogP contribution in [0.3, 0.4) is 0 Å². The summed E-state index contributed by atoms with van der Waals surface area (Å²) in [4.78, 5) is 18.7. The molecule has 1 aromatic heterocycles. The fraction of sp³-hybridized carbons (Fsp3) is 0.348. The number of ether oxygens (including phenoxy) is 1. The third-order valence-electron chi connectivity index (χ3n) is 5.30. The Kier molecular flexibility index (Phi) is 4.65. The van der Waals surface area contributed by atoms with E-state index < -0.39 is 0 Å². The predicted octanol–water partition coefficient (Wildman–Crippen LogP) is 4.58. The van der Waals surface area contributed by atoms with Crippen LogP contribution in [0.2, 0.25) is 0 Å². The highest BCUT2D eigenvalue weighted by Gasteiger charge is 2.29. The van der Waals surface area contributed by atoms with E-state index in [1.165, 1.54) is 11.1 Å². The highest BCUT2D eigenvalue weighted by Crippen LogP contribution is 2.37. The molecule has 6 heteroatoms. The van der Waals surface area contributed by atoms with Crippen LogP contribution in [0.1, 0.15) is 43.4 Å². The van der Waals surface area contributed by atoms with E-state index in [0.717, 1.165) is 16.8 Å². The molecule has 0 atom stereocenters. The number of hydrogen-bond donors (Lipinski definition) is 0. The van der Waals surface area contributed by atoms with Gasteiger partial charge in [-0.1, -0.05) is 44.1 Å². The van der Waals surface area contributed by atoms with Gasteiger partial charge >= 0.3 is 0 Å². The Bertz CT molecular complexity index is 1080. The van der Waals surface area contributed by atoms with Crippen molar-refractivity contribution < 1.29 is 14.1 Å². The fourth-order valence-corrected chi connectivity index (χ4v) is 3.30. The molecular formula is C23H25N3O3. The first-order chi connectivity index (χ1) is 13.7. The molecule has 0 radical (unpaired) electrons. The first kappa shape index (κ1) is 19.2. The van der Waals surface area contributed by atoms with Crippen LogP contribution in [0.25, 0.3) is 11.4 Å². The third-order valence-corrected chi connectivity index (χ3v) is 5.30. The first-order valence-corrected chi connectivity index (χ1v) is 9.70. The standard InChI is InChI=1S/C23H25N3O3/c1-14-6-7-16(10-15(14)2)22-24-20(29-25-22)12-26-18-9-8-17(23(3,4)5)11-19(18)28-13-21(26)27/h6-11H,12-13H2,1-5H3. The summed E-state index contributed by atoms with van der Waals surface area (Å²) >= 11 is 0. The van der Waals surface area contributed by atoms with Gasteiger partial charge in [0.15, 0.2) is 6.61 Å². The van der Waals surface area contributed by atoms with Crippen molar-refractivity contribution in [3.8, 4) is 17.1 Å². The van der Waals surface area contributed by atoms with Gasteiger partial charge in [0.25, 0.3) is 5.91 Å². The monoisotopic (exact) mass is 391 g/mol. The van der Waals surface area contributed by atoms with E-state index in [4.69, 9.17) is 9.26 Å². The molecule has 2 heterocycles. The Morgan fingerprint density at radius 2 is 1.86 bits per heavy atom. The molecule has 150 valence electrons. The van der Waals surface area contributed by atoms with Gasteiger partial charge in [0.2, 0.25) is 11.7 Å². The minimum Gasteiger partial charge on any atom is -0.482 e. The molecule has 0 N–H and O–H groups in total. The van der Waals surface area contributed by atoms with Crippen LogP contribution in [0.5, 0.6) is 5.75 Å². The van der Waals surface area contributed by atoms with E-state index in [2.05, 4.69) is 44.8 Å². The number of hydrogen-bond acceptors (Lipinski definition) is 5. The number of fused-ring (bicyclic) bond motifs is 1. The average Bonchev–Trinajstić information content (AvgIpc) is 3.14. The number of benzene rings is 2. The molecule has 1 aliphatic heterocycles. The Morgan fingerprint density at radius 3 is 2.59 bits per heavy atom. The van der Waals surface area contributed by atoms with Crippen molar-refractivity contribution in [3.05, 3.63) is 59.0 Å². The molecule has 1 amide bonds. The van der Waals surface area contributed by atoms with Crippen LogP contribution < -0.4 is 9.64 Å². The van der Waals surface area contributed by atoms with Crippen molar-refractivity contribution >= 4 is 11.6 Å². The normalized spacial score (nSPS) is 14.0. The van der Waals surface area contributed by atoms with E-state index >= 15 is 0 Å². The van der Waals surface area contributed by atoms with E-state index in [0.29, 0.717) is 17.5 Å². The van der Waals surface area contributed by atoms with Crippen LogP contribution in [0.15, 0.2) is 40.9 Å². The Labute approximate surface area is 170 Å². The van der Waals surface area contributed by atoms with Crippen LogP contribution in [-0.4, -0.2) is 22.7 Å². The zero-order valence-corrected chi connectivity index (χ0v) is 17.4. The lowest BCUT2D eigenvalue weighted by atomic mass is 9.86. The number of aromatic nitrogens is 2. The molecule has 0 unspecified atom stereocenters. The maximum absolute atomic E-state index is 12.5. The molecule has 0 bridgehead atoms. The second-order valence-electron chi connectivity index (χ2n) is 8.51. The summed E-state index contributed by atoms with van der Waals surface area (Å²) in [6, 6.07) is 12.0. The third kappa shape index (κ3) is 3.75. The molecule has 6 nitrogen and oxygen atoms in total. The lowest BCUT2D eigenvalue weighted by Crippen LogP contribution is -2.38. The van der Waals surface area contributed by atoms with Crippen LogP contribution in [0, 0.1) is 13.8 Å². The van der Waals surface area contributed by atoms with Gasteiger partial charge in [-0.25, -0.2) is 0 Å². The predicted molar refractivity (Wildman–Crippen MR) is 111 cm³/mol. The van der Waals surface area contributed by atoms with Crippen molar-refractivity contribution in [2.75, 3.05) is 11.5 Å². The van der Waals surface area contributed by atoms with Gasteiger partial charge in [-0.05, 0) is 54.2 Å². The van der Waals surface area contributed by atoms with Gasteiger partial charge in [0.05, 0.1) is 5.69 Å². The average molecular weight is 391 g/mol. The molecular weight excluding hydrogens is 366 g/mol. The van der Waals surface area contributed by atoms with Crippen molar-refractivity contribution in [1.82, 2.24) is 10.1 Å². The lowest BCUT2D eigenvalue weighted by Gasteiger charge is -2.30. The molecule has 0 saturated heterocycles. The minimum absolute atomic E-state index is 0.00124. The molecule has 4 rings (SSSR count). The van der Waals surface area contributed by atoms with E-state index in [-0.39, 0.29) is 24.5 Å². The summed E-state index contributed by atoms with van der Waals surface area (Å²) in [5.41, 5.74) is 5.15. The van der Waals surface area contributed by atoms with E-state index in [1.807, 2.05) is 36.4 Å². The zero-order chi connectivity index (χ0) is 20.8. The highest BCUT2D eigenvalue weighted by molar-refractivity contribution is 5.97. The first-order valence-electron chi connectivity index (χ1n) is 9.70. The summed E-state index contributed by atoms with van der Waals surface area (Å²) < 4.78 is 11.1. The van der Waals surface area contributed by atoms with Gasteiger partial charge in [-0.3, -0.25) is 9.69 Å². The largest absolute Gasteiger partial charge is 0.482 e. The summed E-state index contributed by atoms with van der Waals surface area (Å²) in [6.07, 6.45) is 0. The van der Waals surface area contributed by atoms with Crippen molar-refractivity contribution in [3.63, 3.8) is 0 Å². The van der Waals surface area contributed by atoms with Crippen molar-refractivity contribution in [2.45, 2.75) is 46.6 Å². The fourth-order valence-electron chi connectivity index (χ4n) is 3.30. The summed E-state index contributed by atoms with van der Waals surface area (Å²) in [5, 5.41) is 4.09. The summed E-state index contributed by atoms with van der Waals surface area (Å²) in [7, 11) is 0. The van der Waals surface area contributed by atoms with Gasteiger partial charge in [-0.2, -0.15) is 4.98 Å². The molecule has 0 fully saturated rings. The van der Waals surface area contributed by atoms with Gasteiger partial charge in [-0.15, -0.1) is 0 Å². The SMILES string of the molecule is Cc1ccc(-c2noc(CN3C(=O)COc4cc(C(C)(C)C)ccc43)n2)cc1C. The highest BCUT2D eigenvalue weighted by atomic mass is 16.5. The Hall–Kier alpha value is -3.15. The molecule has 0 spiro atoms. The lowest BCUT2D eigenvalue weighted by molar-refractivity contribution is -0.121. The maximum Gasteiger partial charge on any atom is 0.265 e. The number of carbonyl (C=O) groups excluding carboxylic acids is 1. The molecule has 0 saturated carbocycles. The second kappa shape index (κ2) is 7.03. The number of nitrogens with zero attached hydrogens (tertiary/aromatic N) is 3. The molecule has 2 aromatic carbocycles. The number of anilines is 1. The maximum atomic E-state index is 12.5. The van der Waals surface area contributed by atoms with Gasteiger partial charge in [0.1, 0.15) is 12.3 Å². The number of amides is 1. The molecule has 3 aromatic rings. The number of carbonyl (C=O) groups is 1. The smallest absolute Gasteiger partial charge is 0.265 e. The molecule has 29 heavy (non-hydrogen) atoms. The molecule has 0 aliphatic carbocycles. The summed E-state index contributed by atoms with van der Waals surface area (Å²) in [5.74, 6) is 1.48. The van der Waals surface area contributed by atoms with Gasteiger partial charge < -0.3 is 9.26 Å². The van der Waals surface area contributed by atoms with Crippen molar-refractivity contribution in [2.24, 2.45) is 0 Å². The Morgan fingerprint density at radius 1 is 1.07 bits per heavy atom. The van der Waals surface area contributed by atoms with Crippen molar-refractivity contribution in [1.29, 1.82) is 0 Å². The topological polar surface area (TPSA) is 68.5 Å². The van der Waals surface area contributed by atoms with E-state index in [1.54, 1.807) is 4.90 Å². The zero-order valence-electron chi connectivity index (χ0n) is 17.4. The van der Waals surface area contributed by atoms with Crippen LogP contribution in [0.4, 0.5) is 5.69 Å². The second-order valence-corrected chi connectivity index (χ2v) is 8.51. The molecule has 1 aliphatic rings. The van der Waals surface area contributed by atoms with Gasteiger partial charge in [0, 0.05) is 5.56 Å². The quantitative estimate of drug-likeness (QED) is 0.654. The van der Waals surface area contributed by atoms with E-state index in [9.17, 15) is 4.79 Å². The number of rotatable bonds is 3.